The van der Waals surface area contributed by atoms with Crippen molar-refractivity contribution in [3.8, 4) is 0 Å². The Morgan fingerprint density at radius 3 is 1.20 bits per heavy atom. The SMILES string of the molecule is CC(=O)NC1C(O)CC(CO)(CO[C@@H]2OC(CO)[C@H](O)C(O)C2O)O[C@H]1OC1C(O)[C@H](O)C(CO)O[C@@H]1OCC1O[C@@H](O[C@@H]2C(CO)O[C@@H](O[C@@H]3C(CO)O[C@@H](C)C(NC(C)=O)C3O)C(NC(C)=O)C2O)C(O)C(O[C@H]2OCC(CO)[C@@H](O)C(O)C2O[C@@H]2OC(CO)[C@@H](O[C@@H]3OC(CO)[C@H](O)C(O)C3O)C(O)C2NC(C)=O)[C@@H]1O. The lowest BCUT2D eigenvalue weighted by molar-refractivity contribution is -0.387. The summed E-state index contributed by atoms with van der Waals surface area (Å²) < 4.78 is 102. The molecule has 28 N–H and O–H groups in total. The third-order valence-corrected chi connectivity index (χ3v) is 21.3. The Morgan fingerprint density at radius 2 is 0.711 bits per heavy atom. The molecule has 9 heterocycles. The molecule has 0 aromatic carbocycles. The number of hydrogen-bond acceptors (Lipinski definition) is 45. The average Bonchev–Trinajstić information content (AvgIpc) is 0.998. The number of amides is 4. The summed E-state index contributed by atoms with van der Waals surface area (Å²) in [5.74, 6) is -4.80. The first-order valence-electron chi connectivity index (χ1n) is 36.8. The highest BCUT2D eigenvalue weighted by Gasteiger charge is 2.61. The van der Waals surface area contributed by atoms with Crippen molar-refractivity contribution in [3.05, 3.63) is 0 Å². The molecule has 9 fully saturated rings. The molecule has 9 saturated heterocycles. The van der Waals surface area contributed by atoms with Gasteiger partial charge in [0.15, 0.2) is 50.3 Å². The number of ether oxygens (including phenoxy) is 17. The van der Waals surface area contributed by atoms with Gasteiger partial charge >= 0.3 is 0 Å². The van der Waals surface area contributed by atoms with Gasteiger partial charge in [-0.25, -0.2) is 0 Å². The molecule has 49 heteroatoms. The van der Waals surface area contributed by atoms with E-state index in [9.17, 15) is 142 Å². The van der Waals surface area contributed by atoms with E-state index in [2.05, 4.69) is 21.3 Å². The Morgan fingerprint density at radius 1 is 0.333 bits per heavy atom. The van der Waals surface area contributed by atoms with Crippen LogP contribution in [0.5, 0.6) is 0 Å². The van der Waals surface area contributed by atoms with E-state index in [1.807, 2.05) is 0 Å². The molecular weight excluding hydrogens is 1560 g/mol. The van der Waals surface area contributed by atoms with Crippen molar-refractivity contribution in [1.29, 1.82) is 0 Å². The van der Waals surface area contributed by atoms with Crippen LogP contribution in [0.15, 0.2) is 0 Å². The lowest BCUT2D eigenvalue weighted by atomic mass is 9.89. The fourth-order valence-electron chi connectivity index (χ4n) is 15.0. The van der Waals surface area contributed by atoms with Gasteiger partial charge < -0.3 is 224 Å². The molecule has 4 amide bonds. The third kappa shape index (κ3) is 21.0. The van der Waals surface area contributed by atoms with Gasteiger partial charge in [0.05, 0.1) is 97.0 Å². The minimum atomic E-state index is -2.54. The van der Waals surface area contributed by atoms with Gasteiger partial charge in [-0.1, -0.05) is 0 Å². The molecule has 0 aromatic heterocycles. The van der Waals surface area contributed by atoms with Gasteiger partial charge in [-0.3, -0.25) is 19.2 Å². The molecule has 9 rings (SSSR count). The van der Waals surface area contributed by atoms with Crippen molar-refractivity contribution in [2.45, 2.75) is 304 Å². The van der Waals surface area contributed by atoms with Crippen LogP contribution in [-0.4, -0.2) is 482 Å². The summed E-state index contributed by atoms with van der Waals surface area (Å²) in [5.41, 5.74) is -2.18. The quantitative estimate of drug-likeness (QED) is 0.0318. The highest BCUT2D eigenvalue weighted by atomic mass is 16.8. The molecular formula is C65H110N4O45. The predicted molar refractivity (Wildman–Crippen MR) is 356 cm³/mol. The van der Waals surface area contributed by atoms with E-state index in [-0.39, 0.29) is 0 Å². The number of carbonyl (C=O) groups excluding carboxylic acids is 4. The van der Waals surface area contributed by atoms with Gasteiger partial charge in [-0.05, 0) is 6.92 Å². The summed E-state index contributed by atoms with van der Waals surface area (Å²) in [6.45, 7) is -5.52. The maximum absolute atomic E-state index is 13.1. The van der Waals surface area contributed by atoms with Crippen LogP contribution in [0.25, 0.3) is 0 Å². The maximum atomic E-state index is 13.1. The Hall–Kier alpha value is -3.76. The largest absolute Gasteiger partial charge is 0.396 e. The molecule has 660 valence electrons. The molecule has 27 unspecified atom stereocenters. The first-order chi connectivity index (χ1) is 53.9. The first-order valence-corrected chi connectivity index (χ1v) is 36.8. The van der Waals surface area contributed by atoms with Gasteiger partial charge in [0.1, 0.15) is 189 Å². The van der Waals surface area contributed by atoms with Gasteiger partial charge in [0, 0.05) is 40.0 Å². The molecule has 0 spiro atoms. The van der Waals surface area contributed by atoms with Crippen molar-refractivity contribution in [2.24, 2.45) is 5.92 Å². The normalized spacial score (nSPS) is 48.4. The van der Waals surface area contributed by atoms with Crippen LogP contribution in [0.4, 0.5) is 0 Å². The van der Waals surface area contributed by atoms with Crippen LogP contribution in [0.2, 0.25) is 0 Å². The summed E-state index contributed by atoms with van der Waals surface area (Å²) in [7, 11) is 0. The lowest BCUT2D eigenvalue weighted by Crippen LogP contribution is -2.70. The molecule has 0 radical (unpaired) electrons. The second kappa shape index (κ2) is 41.2. The molecule has 49 nitrogen and oxygen atoms in total. The summed E-state index contributed by atoms with van der Waals surface area (Å²) in [4.78, 5) is 51.1. The lowest BCUT2D eigenvalue weighted by Gasteiger charge is -2.50. The number of carbonyl (C=O) groups is 4. The molecule has 0 aliphatic carbocycles. The summed E-state index contributed by atoms with van der Waals surface area (Å²) in [5, 5.41) is 278. The summed E-state index contributed by atoms with van der Waals surface area (Å²) in [6, 6.07) is -6.71. The first kappa shape index (κ1) is 94.1. The Bertz CT molecular complexity index is 3020. The second-order valence-electron chi connectivity index (χ2n) is 29.5. The minimum Gasteiger partial charge on any atom is -0.396 e. The topological polar surface area (TPSA) is 759 Å². The number of nitrogens with one attached hydrogen (secondary N) is 4. The predicted octanol–water partition coefficient (Wildman–Crippen LogP) is -18.3. The summed E-state index contributed by atoms with van der Waals surface area (Å²) >= 11 is 0. The van der Waals surface area contributed by atoms with E-state index in [1.54, 1.807) is 0 Å². The zero-order valence-corrected chi connectivity index (χ0v) is 62.1. The number of rotatable bonds is 30. The number of aliphatic hydroxyl groups is 24. The van der Waals surface area contributed by atoms with Crippen LogP contribution in [0, 0.1) is 5.92 Å². The fraction of sp³-hybridized carbons (Fsp3) is 0.938. The zero-order chi connectivity index (χ0) is 84.0. The van der Waals surface area contributed by atoms with Crippen LogP contribution >= 0.6 is 0 Å². The molecule has 114 heavy (non-hydrogen) atoms. The number of hydrogen-bond donors (Lipinski definition) is 28. The van der Waals surface area contributed by atoms with Crippen molar-refractivity contribution < 1.29 is 222 Å². The van der Waals surface area contributed by atoms with Gasteiger partial charge in [-0.2, -0.15) is 0 Å². The average molecular weight is 1670 g/mol. The fourth-order valence-corrected chi connectivity index (χ4v) is 15.0. The van der Waals surface area contributed by atoms with Crippen molar-refractivity contribution in [2.75, 3.05) is 72.7 Å². The van der Waals surface area contributed by atoms with Gasteiger partial charge in [0.2, 0.25) is 23.6 Å². The highest BCUT2D eigenvalue weighted by Crippen LogP contribution is 2.41. The second-order valence-corrected chi connectivity index (χ2v) is 29.5. The molecule has 0 aromatic rings. The van der Waals surface area contributed by atoms with Crippen LogP contribution in [-0.2, 0) is 99.7 Å². The smallest absolute Gasteiger partial charge is 0.217 e. The van der Waals surface area contributed by atoms with Gasteiger partial charge in [-0.15, -0.1) is 0 Å². The Labute approximate surface area is 648 Å². The van der Waals surface area contributed by atoms with E-state index in [4.69, 9.17) is 80.5 Å². The van der Waals surface area contributed by atoms with Crippen LogP contribution < -0.4 is 21.3 Å². The van der Waals surface area contributed by atoms with E-state index in [1.165, 1.54) is 6.92 Å². The Balaban J connectivity index is 1.06. The molecule has 44 atom stereocenters. The highest BCUT2D eigenvalue weighted by molar-refractivity contribution is 5.74. The standard InChI is InChI=1S/C65H110N4O45/c1-18-32(66-19(2)78)41(88)51(28(11-74)101-18)108-57-34(68-21(4)80)42(89)53(30(13-76)105-57)110-62-50(97)54(111-64-55(46(93)36(83)23(7-70)14-98-64)112-58-35(69-22(5)81)43(90)52(29(12-75)106-58)109-61-49(96)45(92)38(85)26(9-72)103-61)40(87)31(107-62)15-99-63-56(47(94)39(86)27(10-73)104-63)113-59-33(67-20(3)79)24(82)6-65(16-77,114-59)17-100-60-48(95)44(91)37(84)25(8-71)102-60/h18,23-64,70-77,82-97H,6-17H2,1-5H3,(H,66,78)(H,67,79)(H,68,80)(H,69,81)/t18-,23?,24?,25?,26?,27?,28?,29?,30?,31?,32?,33?,34?,35?,36+,37-,38-,39+,40+,41?,42?,43?,44?,45?,46?,47?,48?,49?,50?,51+,52+,53+,54?,55?,56?,57-,58-,59+,60+,61-,62-,63-,64+,65?/m0/s1. The van der Waals surface area contributed by atoms with Crippen molar-refractivity contribution in [3.63, 3.8) is 0 Å². The number of aliphatic hydroxyl groups excluding tert-OH is 24. The monoisotopic (exact) mass is 1670 g/mol. The molecule has 9 aliphatic heterocycles. The van der Waals surface area contributed by atoms with E-state index in [0.717, 1.165) is 27.7 Å². The minimum absolute atomic E-state index is 0.626. The van der Waals surface area contributed by atoms with E-state index >= 15 is 0 Å². The van der Waals surface area contributed by atoms with Crippen LogP contribution in [0.3, 0.4) is 0 Å². The zero-order valence-electron chi connectivity index (χ0n) is 62.1. The van der Waals surface area contributed by atoms with Crippen molar-refractivity contribution in [1.82, 2.24) is 21.3 Å². The van der Waals surface area contributed by atoms with Gasteiger partial charge in [0.25, 0.3) is 0 Å². The third-order valence-electron chi connectivity index (χ3n) is 21.3. The maximum Gasteiger partial charge on any atom is 0.217 e. The molecule has 9 aliphatic rings. The van der Waals surface area contributed by atoms with E-state index < -0.39 is 372 Å². The summed E-state index contributed by atoms with van der Waals surface area (Å²) in [6.07, 6.45) is -77.2. The molecule has 0 saturated carbocycles. The Kier molecular flexibility index (Phi) is 34.0. The molecule has 0 bridgehead atoms. The van der Waals surface area contributed by atoms with E-state index in [0.29, 0.717) is 0 Å². The van der Waals surface area contributed by atoms with Crippen LogP contribution in [0.1, 0.15) is 41.0 Å². The van der Waals surface area contributed by atoms with Crippen molar-refractivity contribution >= 4 is 23.6 Å².